The fourth-order valence-corrected chi connectivity index (χ4v) is 1.22. The summed E-state index contributed by atoms with van der Waals surface area (Å²) in [6.07, 6.45) is -5.32. The second-order valence-electron chi connectivity index (χ2n) is 3.01. The van der Waals surface area contributed by atoms with Gasteiger partial charge in [-0.3, -0.25) is 0 Å². The Labute approximate surface area is 74.1 Å². The fourth-order valence-electron chi connectivity index (χ4n) is 1.22. The number of halogens is 5. The lowest BCUT2D eigenvalue weighted by Crippen LogP contribution is -2.43. The highest BCUT2D eigenvalue weighted by molar-refractivity contribution is 4.83. The minimum Gasteiger partial charge on any atom is -0.196 e. The van der Waals surface area contributed by atoms with Crippen molar-refractivity contribution in [1.82, 2.24) is 0 Å². The van der Waals surface area contributed by atoms with Crippen LogP contribution < -0.4 is 0 Å². The van der Waals surface area contributed by atoms with E-state index in [9.17, 15) is 22.0 Å². The lowest BCUT2D eigenvalue weighted by molar-refractivity contribution is -0.303. The molecule has 0 bridgehead atoms. The standard InChI is InChI=1S/C8H13F5/c1-3-5-6(4-2)7(9,10)8(11,12)13/h6H,3-5H2,1-2H3. The molecule has 0 spiro atoms. The van der Waals surface area contributed by atoms with E-state index in [1.807, 2.05) is 0 Å². The largest absolute Gasteiger partial charge is 0.453 e. The van der Waals surface area contributed by atoms with Gasteiger partial charge >= 0.3 is 12.1 Å². The quantitative estimate of drug-likeness (QED) is 0.607. The van der Waals surface area contributed by atoms with Crippen molar-refractivity contribution in [3.8, 4) is 0 Å². The summed E-state index contributed by atoms with van der Waals surface area (Å²) in [7, 11) is 0. The average Bonchev–Trinajstić information content (AvgIpc) is 1.97. The Bertz CT molecular complexity index is 149. The van der Waals surface area contributed by atoms with Crippen LogP contribution in [0.25, 0.3) is 0 Å². The number of alkyl halides is 5. The van der Waals surface area contributed by atoms with Gasteiger partial charge in [0.2, 0.25) is 0 Å². The monoisotopic (exact) mass is 204 g/mol. The summed E-state index contributed by atoms with van der Waals surface area (Å²) in [5.74, 6) is -6.13. The maximum absolute atomic E-state index is 12.7. The second-order valence-corrected chi connectivity index (χ2v) is 3.01. The van der Waals surface area contributed by atoms with Crippen LogP contribution in [0.5, 0.6) is 0 Å². The van der Waals surface area contributed by atoms with E-state index in [0.29, 0.717) is 6.42 Å². The predicted octanol–water partition coefficient (Wildman–Crippen LogP) is 4.01. The molecule has 13 heavy (non-hydrogen) atoms. The Kier molecular flexibility index (Phi) is 4.13. The van der Waals surface area contributed by atoms with Gasteiger partial charge in [0.05, 0.1) is 0 Å². The van der Waals surface area contributed by atoms with Crippen LogP contribution in [0, 0.1) is 5.92 Å². The smallest absolute Gasteiger partial charge is 0.196 e. The molecule has 0 aliphatic heterocycles. The first-order valence-corrected chi connectivity index (χ1v) is 4.21. The van der Waals surface area contributed by atoms with Crippen molar-refractivity contribution in [3.05, 3.63) is 0 Å². The minimum absolute atomic E-state index is 0.0942. The molecule has 0 fully saturated rings. The van der Waals surface area contributed by atoms with Crippen LogP contribution in [-0.4, -0.2) is 12.1 Å². The molecule has 0 aromatic rings. The summed E-state index contributed by atoms with van der Waals surface area (Å²) in [6, 6.07) is 0. The summed E-state index contributed by atoms with van der Waals surface area (Å²) in [4.78, 5) is 0. The Morgan fingerprint density at radius 3 is 1.69 bits per heavy atom. The third kappa shape index (κ3) is 2.81. The first kappa shape index (κ1) is 12.7. The van der Waals surface area contributed by atoms with Gasteiger partial charge in [0.15, 0.2) is 0 Å². The van der Waals surface area contributed by atoms with Crippen LogP contribution in [0.1, 0.15) is 33.1 Å². The zero-order chi connectivity index (χ0) is 10.7. The highest BCUT2D eigenvalue weighted by atomic mass is 19.4. The zero-order valence-electron chi connectivity index (χ0n) is 7.59. The van der Waals surface area contributed by atoms with Gasteiger partial charge in [-0.2, -0.15) is 22.0 Å². The fraction of sp³-hybridized carbons (Fsp3) is 1.00. The molecule has 0 radical (unpaired) electrons. The summed E-state index contributed by atoms with van der Waals surface area (Å²) < 4.78 is 60.8. The maximum atomic E-state index is 12.7. The second kappa shape index (κ2) is 4.24. The molecule has 0 saturated heterocycles. The van der Waals surface area contributed by atoms with E-state index in [1.54, 1.807) is 6.92 Å². The molecule has 80 valence electrons. The van der Waals surface area contributed by atoms with Crippen LogP contribution in [0.15, 0.2) is 0 Å². The van der Waals surface area contributed by atoms with E-state index >= 15 is 0 Å². The molecule has 0 aromatic carbocycles. The van der Waals surface area contributed by atoms with Gasteiger partial charge in [0.25, 0.3) is 0 Å². The normalized spacial score (nSPS) is 15.9. The Morgan fingerprint density at radius 2 is 1.46 bits per heavy atom. The third-order valence-corrected chi connectivity index (χ3v) is 2.02. The molecule has 0 aliphatic rings. The summed E-state index contributed by atoms with van der Waals surface area (Å²) in [6.45, 7) is 2.94. The summed E-state index contributed by atoms with van der Waals surface area (Å²) >= 11 is 0. The van der Waals surface area contributed by atoms with Crippen molar-refractivity contribution in [3.63, 3.8) is 0 Å². The molecule has 1 unspecified atom stereocenters. The van der Waals surface area contributed by atoms with E-state index < -0.39 is 18.0 Å². The van der Waals surface area contributed by atoms with Gasteiger partial charge in [0.1, 0.15) is 0 Å². The van der Waals surface area contributed by atoms with Crippen molar-refractivity contribution >= 4 is 0 Å². The highest BCUT2D eigenvalue weighted by Gasteiger charge is 2.60. The van der Waals surface area contributed by atoms with Gasteiger partial charge < -0.3 is 0 Å². The van der Waals surface area contributed by atoms with Gasteiger partial charge in [0, 0.05) is 5.92 Å². The highest BCUT2D eigenvalue weighted by Crippen LogP contribution is 2.44. The van der Waals surface area contributed by atoms with E-state index in [0.717, 1.165) is 0 Å². The third-order valence-electron chi connectivity index (χ3n) is 2.02. The summed E-state index contributed by atoms with van der Waals surface area (Å²) in [5, 5.41) is 0. The van der Waals surface area contributed by atoms with E-state index in [-0.39, 0.29) is 12.8 Å². The zero-order valence-corrected chi connectivity index (χ0v) is 7.59. The Morgan fingerprint density at radius 1 is 1.00 bits per heavy atom. The number of rotatable bonds is 4. The molecule has 0 amide bonds. The van der Waals surface area contributed by atoms with Crippen LogP contribution in [0.2, 0.25) is 0 Å². The van der Waals surface area contributed by atoms with Crippen LogP contribution in [0.4, 0.5) is 22.0 Å². The number of hydrogen-bond acceptors (Lipinski definition) is 0. The van der Waals surface area contributed by atoms with Gasteiger partial charge in [-0.25, -0.2) is 0 Å². The van der Waals surface area contributed by atoms with Crippen molar-refractivity contribution in [2.75, 3.05) is 0 Å². The van der Waals surface area contributed by atoms with Crippen molar-refractivity contribution in [2.24, 2.45) is 5.92 Å². The van der Waals surface area contributed by atoms with E-state index in [2.05, 4.69) is 0 Å². The molecular formula is C8H13F5. The minimum atomic E-state index is -5.41. The molecule has 0 rings (SSSR count). The molecule has 5 heteroatoms. The summed E-state index contributed by atoms with van der Waals surface area (Å²) in [5.41, 5.74) is 0. The molecule has 0 saturated carbocycles. The van der Waals surface area contributed by atoms with Gasteiger partial charge in [-0.05, 0) is 12.8 Å². The van der Waals surface area contributed by atoms with E-state index in [4.69, 9.17) is 0 Å². The molecule has 0 aromatic heterocycles. The first-order valence-electron chi connectivity index (χ1n) is 4.21. The van der Waals surface area contributed by atoms with Crippen molar-refractivity contribution in [1.29, 1.82) is 0 Å². The topological polar surface area (TPSA) is 0 Å². The molecule has 0 heterocycles. The van der Waals surface area contributed by atoms with Crippen LogP contribution >= 0.6 is 0 Å². The lowest BCUT2D eigenvalue weighted by atomic mass is 9.93. The molecular weight excluding hydrogens is 191 g/mol. The van der Waals surface area contributed by atoms with Crippen molar-refractivity contribution < 1.29 is 22.0 Å². The van der Waals surface area contributed by atoms with E-state index in [1.165, 1.54) is 6.92 Å². The molecule has 0 nitrogen and oxygen atoms in total. The Balaban J connectivity index is 4.56. The molecule has 0 N–H and O–H groups in total. The average molecular weight is 204 g/mol. The first-order chi connectivity index (χ1) is 5.77. The molecule has 1 atom stereocenters. The SMILES string of the molecule is CCCC(CC)C(F)(F)C(F)(F)F. The van der Waals surface area contributed by atoms with Gasteiger partial charge in [-0.15, -0.1) is 0 Å². The van der Waals surface area contributed by atoms with Crippen LogP contribution in [-0.2, 0) is 0 Å². The maximum Gasteiger partial charge on any atom is 0.453 e. The predicted molar refractivity (Wildman–Crippen MR) is 39.7 cm³/mol. The Hall–Kier alpha value is -0.350. The number of hydrogen-bond donors (Lipinski definition) is 0. The van der Waals surface area contributed by atoms with Gasteiger partial charge in [-0.1, -0.05) is 20.3 Å². The van der Waals surface area contributed by atoms with Crippen molar-refractivity contribution in [2.45, 2.75) is 45.2 Å². The van der Waals surface area contributed by atoms with Crippen LogP contribution in [0.3, 0.4) is 0 Å². The lowest BCUT2D eigenvalue weighted by Gasteiger charge is -2.27. The molecule has 0 aliphatic carbocycles.